The summed E-state index contributed by atoms with van der Waals surface area (Å²) in [5, 5.41) is 2.75. The third-order valence-electron chi connectivity index (χ3n) is 3.77. The van der Waals surface area contributed by atoms with Gasteiger partial charge in [0.2, 0.25) is 0 Å². The second-order valence-electron chi connectivity index (χ2n) is 6.62. The molecule has 1 N–H and O–H groups in total. The molecule has 0 saturated heterocycles. The molecule has 7 heteroatoms. The fourth-order valence-corrected chi connectivity index (χ4v) is 2.98. The number of nitrogens with one attached hydrogen (secondary N) is 1. The van der Waals surface area contributed by atoms with Crippen LogP contribution in [-0.2, 0) is 9.53 Å². The van der Waals surface area contributed by atoms with Crippen molar-refractivity contribution >= 4 is 29.3 Å². The van der Waals surface area contributed by atoms with E-state index in [4.69, 9.17) is 14.2 Å². The molecule has 2 rings (SSSR count). The predicted octanol–water partition coefficient (Wildman–Crippen LogP) is 4.64. The molecule has 1 amide bonds. The van der Waals surface area contributed by atoms with E-state index in [-0.39, 0.29) is 6.61 Å². The second kappa shape index (κ2) is 11.4. The van der Waals surface area contributed by atoms with Gasteiger partial charge in [-0.2, -0.15) is 0 Å². The number of benzene rings is 2. The zero-order valence-electron chi connectivity index (χ0n) is 17.2. The van der Waals surface area contributed by atoms with Crippen LogP contribution in [0.25, 0.3) is 0 Å². The largest absolute Gasteiger partial charge is 0.490 e. The van der Waals surface area contributed by atoms with Crippen molar-refractivity contribution in [1.82, 2.24) is 0 Å². The highest BCUT2D eigenvalue weighted by molar-refractivity contribution is 7.98. The highest BCUT2D eigenvalue weighted by Crippen LogP contribution is 2.29. The normalized spacial score (nSPS) is 10.5. The van der Waals surface area contributed by atoms with E-state index < -0.39 is 11.9 Å². The number of thioether (sulfide) groups is 1. The average molecular weight is 418 g/mol. The molecule has 0 aliphatic rings. The Hall–Kier alpha value is -2.67. The second-order valence-corrected chi connectivity index (χ2v) is 7.47. The van der Waals surface area contributed by atoms with Crippen LogP contribution in [0.5, 0.6) is 11.5 Å². The minimum atomic E-state index is -0.602. The maximum Gasteiger partial charge on any atom is 0.338 e. The van der Waals surface area contributed by atoms with Gasteiger partial charge in [-0.15, -0.1) is 11.8 Å². The number of hydrogen-bond donors (Lipinski definition) is 1. The van der Waals surface area contributed by atoms with Gasteiger partial charge in [0.1, 0.15) is 0 Å². The van der Waals surface area contributed by atoms with E-state index in [1.54, 1.807) is 24.3 Å². The molecule has 0 atom stereocenters. The Morgan fingerprint density at radius 3 is 2.52 bits per heavy atom. The summed E-state index contributed by atoms with van der Waals surface area (Å²) in [4.78, 5) is 25.4. The molecule has 0 aromatic heterocycles. The van der Waals surface area contributed by atoms with Crippen LogP contribution in [0.15, 0.2) is 47.4 Å². The molecule has 29 heavy (non-hydrogen) atoms. The lowest BCUT2D eigenvalue weighted by atomic mass is 10.2. The summed E-state index contributed by atoms with van der Waals surface area (Å²) in [5.41, 5.74) is 0.981. The molecule has 0 heterocycles. The van der Waals surface area contributed by atoms with Crippen molar-refractivity contribution in [2.24, 2.45) is 5.92 Å². The quantitative estimate of drug-likeness (QED) is 0.449. The van der Waals surface area contributed by atoms with Gasteiger partial charge in [-0.1, -0.05) is 26.0 Å². The summed E-state index contributed by atoms with van der Waals surface area (Å²) < 4.78 is 16.5. The molecule has 0 unspecified atom stereocenters. The number of esters is 1. The molecular weight excluding hydrogens is 390 g/mol. The first-order valence-electron chi connectivity index (χ1n) is 9.44. The van der Waals surface area contributed by atoms with Crippen LogP contribution in [0.1, 0.15) is 31.1 Å². The number of hydrogen-bond acceptors (Lipinski definition) is 6. The molecule has 0 aliphatic heterocycles. The van der Waals surface area contributed by atoms with Crippen LogP contribution in [0, 0.1) is 5.92 Å². The Kier molecular flexibility index (Phi) is 8.86. The van der Waals surface area contributed by atoms with Gasteiger partial charge in [0.15, 0.2) is 18.1 Å². The average Bonchev–Trinajstić information content (AvgIpc) is 2.71. The molecule has 0 bridgehead atoms. The molecule has 6 nitrogen and oxygen atoms in total. The molecule has 0 fully saturated rings. The lowest BCUT2D eigenvalue weighted by Gasteiger charge is -2.14. The molecule has 156 valence electrons. The van der Waals surface area contributed by atoms with Crippen LogP contribution in [0.2, 0.25) is 0 Å². The van der Waals surface area contributed by atoms with E-state index in [2.05, 4.69) is 19.2 Å². The fourth-order valence-electron chi connectivity index (χ4n) is 2.43. The van der Waals surface area contributed by atoms with Gasteiger partial charge in [0, 0.05) is 4.90 Å². The van der Waals surface area contributed by atoms with Gasteiger partial charge >= 0.3 is 5.97 Å². The number of carbonyl (C=O) groups excluding carboxylic acids is 2. The number of ether oxygens (including phenoxy) is 3. The van der Waals surface area contributed by atoms with Crippen molar-refractivity contribution in [3.63, 3.8) is 0 Å². The molecule has 0 spiro atoms. The molecule has 0 saturated carbocycles. The van der Waals surface area contributed by atoms with Gasteiger partial charge in [0.05, 0.1) is 24.5 Å². The summed E-state index contributed by atoms with van der Waals surface area (Å²) in [6, 6.07) is 12.3. The van der Waals surface area contributed by atoms with Crippen LogP contribution < -0.4 is 14.8 Å². The minimum absolute atomic E-state index is 0.294. The Bertz CT molecular complexity index is 838. The first kappa shape index (κ1) is 22.6. The van der Waals surface area contributed by atoms with Crippen molar-refractivity contribution in [2.75, 3.05) is 31.4 Å². The van der Waals surface area contributed by atoms with Gasteiger partial charge < -0.3 is 19.5 Å². The topological polar surface area (TPSA) is 73.9 Å². The Labute approximate surface area is 175 Å². The van der Waals surface area contributed by atoms with Gasteiger partial charge in [-0.25, -0.2) is 4.79 Å². The van der Waals surface area contributed by atoms with E-state index in [9.17, 15) is 9.59 Å². The van der Waals surface area contributed by atoms with Gasteiger partial charge in [0.25, 0.3) is 5.91 Å². The van der Waals surface area contributed by atoms with Crippen molar-refractivity contribution in [1.29, 1.82) is 0 Å². The highest BCUT2D eigenvalue weighted by Gasteiger charge is 2.15. The van der Waals surface area contributed by atoms with Crippen LogP contribution >= 0.6 is 11.8 Å². The smallest absolute Gasteiger partial charge is 0.338 e. The predicted molar refractivity (Wildman–Crippen MR) is 115 cm³/mol. The fraction of sp³-hybridized carbons (Fsp3) is 0.364. The molecular formula is C22H27NO5S. The molecule has 0 aliphatic carbocycles. The lowest BCUT2D eigenvalue weighted by molar-refractivity contribution is -0.119. The maximum absolute atomic E-state index is 12.4. The summed E-state index contributed by atoms with van der Waals surface area (Å²) in [6.45, 7) is 6.56. The van der Waals surface area contributed by atoms with Crippen molar-refractivity contribution in [3.8, 4) is 11.5 Å². The first-order chi connectivity index (χ1) is 13.9. The van der Waals surface area contributed by atoms with E-state index >= 15 is 0 Å². The number of carbonyl (C=O) groups is 2. The number of anilines is 1. The lowest BCUT2D eigenvalue weighted by Crippen LogP contribution is -2.21. The first-order valence-corrected chi connectivity index (χ1v) is 10.7. The molecule has 2 aromatic carbocycles. The van der Waals surface area contributed by atoms with Crippen molar-refractivity contribution in [2.45, 2.75) is 25.7 Å². The van der Waals surface area contributed by atoms with Crippen molar-refractivity contribution in [3.05, 3.63) is 48.0 Å². The molecule has 0 radical (unpaired) electrons. The summed E-state index contributed by atoms with van der Waals surface area (Å²) in [7, 11) is 0. The highest BCUT2D eigenvalue weighted by atomic mass is 32.2. The zero-order chi connectivity index (χ0) is 21.2. The number of para-hydroxylation sites is 1. The monoisotopic (exact) mass is 417 g/mol. The summed E-state index contributed by atoms with van der Waals surface area (Å²) in [5.74, 6) is 0.407. The summed E-state index contributed by atoms with van der Waals surface area (Å²) in [6.07, 6.45) is 1.93. The SMILES string of the molecule is CCOc1cc(C(=O)OCC(=O)Nc2ccccc2SC)ccc1OCC(C)C. The van der Waals surface area contributed by atoms with Crippen molar-refractivity contribution < 1.29 is 23.8 Å². The van der Waals surface area contributed by atoms with Gasteiger partial charge in [-0.05, 0) is 49.4 Å². The summed E-state index contributed by atoms with van der Waals surface area (Å²) >= 11 is 1.52. The minimum Gasteiger partial charge on any atom is -0.490 e. The van der Waals surface area contributed by atoms with E-state index in [0.29, 0.717) is 41.9 Å². The van der Waals surface area contributed by atoms with E-state index in [1.165, 1.54) is 11.8 Å². The maximum atomic E-state index is 12.4. The standard InChI is InChI=1S/C22H27NO5S/c1-5-26-19-12-16(10-11-18(19)27-13-15(2)3)22(25)28-14-21(24)23-17-8-6-7-9-20(17)29-4/h6-12,15H,5,13-14H2,1-4H3,(H,23,24). The van der Waals surface area contributed by atoms with E-state index in [0.717, 1.165) is 4.90 Å². The Balaban J connectivity index is 1.98. The van der Waals surface area contributed by atoms with Crippen LogP contribution in [0.4, 0.5) is 5.69 Å². The number of amides is 1. The Morgan fingerprint density at radius 1 is 1.07 bits per heavy atom. The van der Waals surface area contributed by atoms with E-state index in [1.807, 2.05) is 31.4 Å². The third-order valence-corrected chi connectivity index (χ3v) is 4.56. The Morgan fingerprint density at radius 2 is 1.83 bits per heavy atom. The van der Waals surface area contributed by atoms with Crippen LogP contribution in [-0.4, -0.2) is 38.0 Å². The molecule has 2 aromatic rings. The number of rotatable bonds is 10. The third kappa shape index (κ3) is 7.02. The van der Waals surface area contributed by atoms with Gasteiger partial charge in [-0.3, -0.25) is 4.79 Å². The van der Waals surface area contributed by atoms with Crippen LogP contribution in [0.3, 0.4) is 0 Å². The zero-order valence-corrected chi connectivity index (χ0v) is 18.0.